The number of hydrogen-bond acceptors (Lipinski definition) is 3. The maximum Gasteiger partial charge on any atom is 0.469 e. The van der Waals surface area contributed by atoms with Crippen molar-refractivity contribution >= 4 is 34.6 Å². The van der Waals surface area contributed by atoms with E-state index in [1.54, 1.807) is 24.3 Å². The molecule has 0 spiro atoms. The molecule has 180 valence electrons. The molecule has 0 unspecified atom stereocenters. The zero-order valence-electron chi connectivity index (χ0n) is 17.6. The lowest BCUT2D eigenvalue weighted by Crippen LogP contribution is -2.40. The molecule has 11 heteroatoms. The fourth-order valence-corrected chi connectivity index (χ4v) is 3.96. The summed E-state index contributed by atoms with van der Waals surface area (Å²) in [5, 5.41) is 4.12. The Morgan fingerprint density at radius 1 is 0.971 bits per heavy atom. The standard InChI is InChI=1S/C24H15ClF5N3O2/c25-15-5-1-13(2-6-15)18-12-33(32-21(18)14-3-7-16(26)8-4-14)22(34)31-17-9-10-20-19(11-17)23(27,28)24(29,30)35-20/h1-11,32H,12H2,(H,31,34). The number of hydrazine groups is 1. The molecule has 2 aliphatic heterocycles. The van der Waals surface area contributed by atoms with Gasteiger partial charge in [-0.2, -0.15) is 17.6 Å². The first-order chi connectivity index (χ1) is 16.5. The van der Waals surface area contributed by atoms with Crippen LogP contribution in [-0.4, -0.2) is 23.7 Å². The molecule has 2 heterocycles. The Hall–Kier alpha value is -3.79. The van der Waals surface area contributed by atoms with Crippen LogP contribution in [0.1, 0.15) is 16.7 Å². The van der Waals surface area contributed by atoms with Crippen molar-refractivity contribution in [2.75, 3.05) is 11.9 Å². The maximum atomic E-state index is 14.0. The lowest BCUT2D eigenvalue weighted by Gasteiger charge is -2.19. The first kappa shape index (κ1) is 23.0. The Morgan fingerprint density at radius 2 is 1.63 bits per heavy atom. The lowest BCUT2D eigenvalue weighted by molar-refractivity contribution is -0.296. The Bertz CT molecular complexity index is 1290. The van der Waals surface area contributed by atoms with Gasteiger partial charge in [-0.05, 0) is 65.7 Å². The van der Waals surface area contributed by atoms with Gasteiger partial charge >= 0.3 is 18.1 Å². The van der Waals surface area contributed by atoms with E-state index in [9.17, 15) is 26.7 Å². The molecule has 0 aliphatic carbocycles. The van der Waals surface area contributed by atoms with Gasteiger partial charge in [-0.15, -0.1) is 0 Å². The molecule has 0 saturated carbocycles. The Kier molecular flexibility index (Phi) is 5.36. The van der Waals surface area contributed by atoms with Crippen molar-refractivity contribution in [1.82, 2.24) is 10.4 Å². The highest BCUT2D eigenvalue weighted by molar-refractivity contribution is 6.30. The Balaban J connectivity index is 1.41. The Morgan fingerprint density at radius 3 is 2.31 bits per heavy atom. The summed E-state index contributed by atoms with van der Waals surface area (Å²) in [5.74, 6) is -5.64. The van der Waals surface area contributed by atoms with E-state index in [-0.39, 0.29) is 12.2 Å². The summed E-state index contributed by atoms with van der Waals surface area (Å²) in [6.45, 7) is 0.0580. The van der Waals surface area contributed by atoms with Crippen LogP contribution in [0.4, 0.5) is 32.4 Å². The molecular weight excluding hydrogens is 493 g/mol. The molecule has 35 heavy (non-hydrogen) atoms. The molecule has 5 rings (SSSR count). The second-order valence-corrected chi connectivity index (χ2v) is 8.34. The predicted molar refractivity (Wildman–Crippen MR) is 119 cm³/mol. The summed E-state index contributed by atoms with van der Waals surface area (Å²) in [7, 11) is 0. The fourth-order valence-electron chi connectivity index (χ4n) is 3.84. The van der Waals surface area contributed by atoms with Crippen molar-refractivity contribution in [3.05, 3.63) is 94.3 Å². The average Bonchev–Trinajstić information content (AvgIpc) is 3.33. The second kappa shape index (κ2) is 8.16. The number of urea groups is 1. The van der Waals surface area contributed by atoms with E-state index in [1.807, 2.05) is 0 Å². The normalized spacial score (nSPS) is 17.6. The summed E-state index contributed by atoms with van der Waals surface area (Å²) in [6.07, 6.45) is -4.68. The van der Waals surface area contributed by atoms with Crippen molar-refractivity contribution in [2.24, 2.45) is 0 Å². The number of fused-ring (bicyclic) bond motifs is 1. The minimum absolute atomic E-state index is 0.0580. The van der Waals surface area contributed by atoms with Crippen LogP contribution in [0.15, 0.2) is 66.7 Å². The van der Waals surface area contributed by atoms with Crippen LogP contribution >= 0.6 is 11.6 Å². The molecule has 3 aromatic rings. The summed E-state index contributed by atoms with van der Waals surface area (Å²) in [5.41, 5.74) is 4.35. The summed E-state index contributed by atoms with van der Waals surface area (Å²) in [4.78, 5) is 12.9. The van der Waals surface area contributed by atoms with Gasteiger partial charge in [0.15, 0.2) is 0 Å². The number of alkyl halides is 4. The minimum atomic E-state index is -4.68. The van der Waals surface area contributed by atoms with E-state index in [0.29, 0.717) is 21.9 Å². The van der Waals surface area contributed by atoms with Crippen LogP contribution < -0.4 is 15.5 Å². The molecule has 0 fully saturated rings. The number of nitrogens with zero attached hydrogens (tertiary/aromatic N) is 1. The smallest absolute Gasteiger partial charge is 0.427 e. The molecule has 2 aliphatic rings. The monoisotopic (exact) mass is 507 g/mol. The van der Waals surface area contributed by atoms with Crippen LogP contribution in [-0.2, 0) is 5.92 Å². The van der Waals surface area contributed by atoms with E-state index < -0.39 is 35.2 Å². The Labute approximate surface area is 200 Å². The van der Waals surface area contributed by atoms with E-state index in [2.05, 4.69) is 15.5 Å². The molecule has 0 aromatic heterocycles. The average molecular weight is 508 g/mol. The molecule has 0 radical (unpaired) electrons. The predicted octanol–water partition coefficient (Wildman–Crippen LogP) is 6.48. The second-order valence-electron chi connectivity index (χ2n) is 7.90. The number of amides is 2. The van der Waals surface area contributed by atoms with E-state index >= 15 is 0 Å². The largest absolute Gasteiger partial charge is 0.469 e. The first-order valence-electron chi connectivity index (χ1n) is 10.2. The molecule has 2 amide bonds. The molecular formula is C24H15ClF5N3O2. The van der Waals surface area contributed by atoms with Crippen molar-refractivity contribution in [2.45, 2.75) is 12.0 Å². The first-order valence-corrected chi connectivity index (χ1v) is 10.6. The van der Waals surface area contributed by atoms with Crippen LogP contribution in [0.3, 0.4) is 0 Å². The number of anilines is 1. The molecule has 0 atom stereocenters. The summed E-state index contributed by atoms with van der Waals surface area (Å²) >= 11 is 5.98. The highest BCUT2D eigenvalue weighted by atomic mass is 35.5. The van der Waals surface area contributed by atoms with Crippen molar-refractivity contribution in [3.63, 3.8) is 0 Å². The highest BCUT2D eigenvalue weighted by Crippen LogP contribution is 2.53. The number of carbonyl (C=O) groups excluding carboxylic acids is 1. The van der Waals surface area contributed by atoms with E-state index in [1.165, 1.54) is 35.3 Å². The number of benzene rings is 3. The van der Waals surface area contributed by atoms with Gasteiger partial charge in [0.2, 0.25) is 0 Å². The number of nitrogens with one attached hydrogen (secondary N) is 2. The molecule has 2 N–H and O–H groups in total. The van der Waals surface area contributed by atoms with Gasteiger partial charge in [0.25, 0.3) is 0 Å². The molecule has 3 aromatic carbocycles. The van der Waals surface area contributed by atoms with E-state index in [0.717, 1.165) is 17.7 Å². The van der Waals surface area contributed by atoms with Gasteiger partial charge in [-0.3, -0.25) is 5.43 Å². The number of hydrogen-bond donors (Lipinski definition) is 2. The summed E-state index contributed by atoms with van der Waals surface area (Å²) < 4.78 is 72.5. The molecule has 0 saturated heterocycles. The van der Waals surface area contributed by atoms with Crippen LogP contribution in [0, 0.1) is 5.82 Å². The molecule has 0 bridgehead atoms. The third-order valence-electron chi connectivity index (χ3n) is 5.61. The third kappa shape index (κ3) is 4.03. The zero-order valence-corrected chi connectivity index (χ0v) is 18.3. The third-order valence-corrected chi connectivity index (χ3v) is 5.86. The highest BCUT2D eigenvalue weighted by Gasteiger charge is 2.66. The number of halogens is 6. The van der Waals surface area contributed by atoms with Crippen LogP contribution in [0.2, 0.25) is 5.02 Å². The van der Waals surface area contributed by atoms with E-state index in [4.69, 9.17) is 11.6 Å². The quantitative estimate of drug-likeness (QED) is 0.399. The van der Waals surface area contributed by atoms with Gasteiger partial charge in [-0.1, -0.05) is 23.7 Å². The maximum absolute atomic E-state index is 14.0. The van der Waals surface area contributed by atoms with Gasteiger partial charge in [-0.25, -0.2) is 14.2 Å². The topological polar surface area (TPSA) is 53.6 Å². The van der Waals surface area contributed by atoms with Gasteiger partial charge in [0.1, 0.15) is 11.6 Å². The number of ether oxygens (including phenoxy) is 1. The van der Waals surface area contributed by atoms with Crippen LogP contribution in [0.5, 0.6) is 5.75 Å². The van der Waals surface area contributed by atoms with Gasteiger partial charge in [0, 0.05) is 16.3 Å². The minimum Gasteiger partial charge on any atom is -0.427 e. The number of carbonyl (C=O) groups is 1. The SMILES string of the molecule is O=C(Nc1ccc2c(c1)C(F)(F)C(F)(F)O2)N1CC(c2ccc(Cl)cc2)=C(c2ccc(F)cc2)N1. The fraction of sp³-hybridized carbons (Fsp3) is 0.125. The van der Waals surface area contributed by atoms with Crippen molar-refractivity contribution in [3.8, 4) is 5.75 Å². The lowest BCUT2D eigenvalue weighted by atomic mass is 10.0. The van der Waals surface area contributed by atoms with Crippen LogP contribution in [0.25, 0.3) is 11.3 Å². The van der Waals surface area contributed by atoms with Gasteiger partial charge < -0.3 is 10.1 Å². The van der Waals surface area contributed by atoms with Crippen molar-refractivity contribution in [1.29, 1.82) is 0 Å². The zero-order chi connectivity index (χ0) is 25.0. The number of rotatable bonds is 3. The summed E-state index contributed by atoms with van der Waals surface area (Å²) in [6, 6.07) is 14.6. The van der Waals surface area contributed by atoms with Crippen molar-refractivity contribution < 1.29 is 31.5 Å². The van der Waals surface area contributed by atoms with Gasteiger partial charge in [0.05, 0.1) is 17.8 Å². The molecule has 5 nitrogen and oxygen atoms in total.